The maximum atomic E-state index is 12.0. The molecule has 2 heterocycles. The van der Waals surface area contributed by atoms with Gasteiger partial charge in [-0.25, -0.2) is 9.97 Å². The summed E-state index contributed by atoms with van der Waals surface area (Å²) in [6.45, 7) is 0.245. The number of nitrogens with zero attached hydrogens (tertiary/aromatic N) is 2. The molecule has 0 fully saturated rings. The third-order valence-electron chi connectivity index (χ3n) is 3.50. The van der Waals surface area contributed by atoms with Gasteiger partial charge in [0.05, 0.1) is 19.6 Å². The van der Waals surface area contributed by atoms with E-state index in [4.69, 9.17) is 14.2 Å². The van der Waals surface area contributed by atoms with Crippen LogP contribution in [0.15, 0.2) is 36.0 Å². The minimum absolute atomic E-state index is 0.116. The second kappa shape index (κ2) is 7.80. The van der Waals surface area contributed by atoms with E-state index in [1.165, 1.54) is 17.7 Å². The van der Waals surface area contributed by atoms with E-state index in [0.717, 1.165) is 15.8 Å². The Balaban J connectivity index is 1.55. The van der Waals surface area contributed by atoms with Crippen molar-refractivity contribution in [3.8, 4) is 17.4 Å². The number of nitrogens with one attached hydrogen (secondary N) is 1. The quantitative estimate of drug-likeness (QED) is 0.697. The van der Waals surface area contributed by atoms with Crippen LogP contribution in [-0.4, -0.2) is 36.7 Å². The molecule has 0 radical (unpaired) electrons. The molecule has 130 valence electrons. The van der Waals surface area contributed by atoms with Gasteiger partial charge in [-0.1, -0.05) is 6.07 Å². The standard InChI is InChI=1S/C17H17N3O4S/c1-22-13-4-3-11(7-14(13)23-2)8-18-15(21)9-24-16-12-5-6-25-17(12)20-10-19-16/h3-7,10H,8-9H2,1-2H3,(H,18,21). The number of benzene rings is 1. The van der Waals surface area contributed by atoms with Crippen molar-refractivity contribution < 1.29 is 19.0 Å². The molecule has 3 rings (SSSR count). The molecule has 0 aliphatic carbocycles. The van der Waals surface area contributed by atoms with Crippen molar-refractivity contribution in [2.45, 2.75) is 6.54 Å². The van der Waals surface area contributed by atoms with E-state index in [2.05, 4.69) is 15.3 Å². The first-order valence-electron chi connectivity index (χ1n) is 7.50. The molecule has 0 bridgehead atoms. The summed E-state index contributed by atoms with van der Waals surface area (Å²) < 4.78 is 15.9. The van der Waals surface area contributed by atoms with Gasteiger partial charge in [0.2, 0.25) is 5.88 Å². The highest BCUT2D eigenvalue weighted by Crippen LogP contribution is 2.27. The second-order valence-corrected chi connectivity index (χ2v) is 5.97. The SMILES string of the molecule is COc1ccc(CNC(=O)COc2ncnc3sccc23)cc1OC. The van der Waals surface area contributed by atoms with Crippen LogP contribution < -0.4 is 19.5 Å². The molecule has 0 unspecified atom stereocenters. The zero-order valence-electron chi connectivity index (χ0n) is 13.8. The van der Waals surface area contributed by atoms with Crippen LogP contribution in [0, 0.1) is 0 Å². The monoisotopic (exact) mass is 359 g/mol. The lowest BCUT2D eigenvalue weighted by atomic mass is 10.2. The summed E-state index contributed by atoms with van der Waals surface area (Å²) in [4.78, 5) is 21.1. The first kappa shape index (κ1) is 17.0. The molecule has 8 heteroatoms. The largest absolute Gasteiger partial charge is 0.493 e. The Labute approximate surface area is 148 Å². The van der Waals surface area contributed by atoms with Gasteiger partial charge < -0.3 is 19.5 Å². The summed E-state index contributed by atoms with van der Waals surface area (Å²) in [6, 6.07) is 7.35. The number of aromatic nitrogens is 2. The fraction of sp³-hybridized carbons (Fsp3) is 0.235. The van der Waals surface area contributed by atoms with Gasteiger partial charge in [0, 0.05) is 6.54 Å². The third-order valence-corrected chi connectivity index (χ3v) is 4.32. The predicted octanol–water partition coefficient (Wildman–Crippen LogP) is 2.40. The topological polar surface area (TPSA) is 82.6 Å². The average Bonchev–Trinajstić information content (AvgIpc) is 3.13. The van der Waals surface area contributed by atoms with Crippen LogP contribution in [0.2, 0.25) is 0 Å². The van der Waals surface area contributed by atoms with Crippen molar-refractivity contribution in [2.75, 3.05) is 20.8 Å². The van der Waals surface area contributed by atoms with Crippen molar-refractivity contribution in [1.82, 2.24) is 15.3 Å². The van der Waals surface area contributed by atoms with Crippen LogP contribution in [0.4, 0.5) is 0 Å². The van der Waals surface area contributed by atoms with Crippen molar-refractivity contribution in [3.63, 3.8) is 0 Å². The fourth-order valence-electron chi connectivity index (χ4n) is 2.26. The van der Waals surface area contributed by atoms with Crippen LogP contribution in [0.1, 0.15) is 5.56 Å². The minimum atomic E-state index is -0.239. The Bertz CT molecular complexity index is 881. The van der Waals surface area contributed by atoms with E-state index < -0.39 is 0 Å². The van der Waals surface area contributed by atoms with Gasteiger partial charge in [-0.05, 0) is 29.1 Å². The highest BCUT2D eigenvalue weighted by Gasteiger charge is 2.09. The zero-order valence-corrected chi connectivity index (χ0v) is 14.6. The molecule has 1 amide bonds. The smallest absolute Gasteiger partial charge is 0.258 e. The van der Waals surface area contributed by atoms with E-state index in [9.17, 15) is 4.79 Å². The number of rotatable bonds is 7. The summed E-state index contributed by atoms with van der Waals surface area (Å²) in [5.74, 6) is 1.43. The number of carbonyl (C=O) groups excluding carboxylic acids is 1. The molecule has 1 aromatic carbocycles. The van der Waals surface area contributed by atoms with Gasteiger partial charge in [0.25, 0.3) is 5.91 Å². The molecule has 1 N–H and O–H groups in total. The number of hydrogen-bond acceptors (Lipinski definition) is 7. The minimum Gasteiger partial charge on any atom is -0.493 e. The number of methoxy groups -OCH3 is 2. The van der Waals surface area contributed by atoms with Crippen LogP contribution in [-0.2, 0) is 11.3 Å². The summed E-state index contributed by atoms with van der Waals surface area (Å²) >= 11 is 1.50. The highest BCUT2D eigenvalue weighted by molar-refractivity contribution is 7.16. The number of fused-ring (bicyclic) bond motifs is 1. The molecule has 0 saturated carbocycles. The normalized spacial score (nSPS) is 10.5. The predicted molar refractivity (Wildman–Crippen MR) is 94.3 cm³/mol. The van der Waals surface area contributed by atoms with Crippen LogP contribution in [0.3, 0.4) is 0 Å². The second-order valence-electron chi connectivity index (χ2n) is 5.07. The van der Waals surface area contributed by atoms with E-state index in [1.807, 2.05) is 23.6 Å². The first-order chi connectivity index (χ1) is 12.2. The summed E-state index contributed by atoms with van der Waals surface area (Å²) in [6.07, 6.45) is 1.43. The first-order valence-corrected chi connectivity index (χ1v) is 8.38. The lowest BCUT2D eigenvalue weighted by Crippen LogP contribution is -2.28. The molecule has 0 spiro atoms. The lowest BCUT2D eigenvalue weighted by Gasteiger charge is -2.11. The summed E-state index contributed by atoms with van der Waals surface area (Å²) in [7, 11) is 3.15. The summed E-state index contributed by atoms with van der Waals surface area (Å²) in [5.41, 5.74) is 0.897. The zero-order chi connectivity index (χ0) is 17.6. The Hall–Kier alpha value is -2.87. The van der Waals surface area contributed by atoms with Gasteiger partial charge >= 0.3 is 0 Å². The molecule has 0 aliphatic rings. The lowest BCUT2D eigenvalue weighted by molar-refractivity contribution is -0.123. The Morgan fingerprint density at radius 2 is 2.00 bits per heavy atom. The molecule has 25 heavy (non-hydrogen) atoms. The molecule has 2 aromatic heterocycles. The molecular formula is C17H17N3O4S. The van der Waals surface area contributed by atoms with E-state index in [1.54, 1.807) is 20.3 Å². The van der Waals surface area contributed by atoms with Crippen LogP contribution in [0.5, 0.6) is 17.4 Å². The third kappa shape index (κ3) is 3.97. The molecule has 0 aliphatic heterocycles. The maximum Gasteiger partial charge on any atom is 0.258 e. The van der Waals surface area contributed by atoms with Gasteiger partial charge in [-0.2, -0.15) is 0 Å². The molecule has 7 nitrogen and oxygen atoms in total. The molecular weight excluding hydrogens is 342 g/mol. The van der Waals surface area contributed by atoms with Gasteiger partial charge in [0.1, 0.15) is 11.2 Å². The van der Waals surface area contributed by atoms with Crippen molar-refractivity contribution in [1.29, 1.82) is 0 Å². The summed E-state index contributed by atoms with van der Waals surface area (Å²) in [5, 5.41) is 5.51. The van der Waals surface area contributed by atoms with Crippen molar-refractivity contribution in [2.24, 2.45) is 0 Å². The highest BCUT2D eigenvalue weighted by atomic mass is 32.1. The molecule has 0 saturated heterocycles. The van der Waals surface area contributed by atoms with E-state index in [0.29, 0.717) is 23.9 Å². The van der Waals surface area contributed by atoms with E-state index in [-0.39, 0.29) is 12.5 Å². The van der Waals surface area contributed by atoms with Gasteiger partial charge in [-0.3, -0.25) is 4.79 Å². The van der Waals surface area contributed by atoms with Crippen LogP contribution >= 0.6 is 11.3 Å². The number of ether oxygens (including phenoxy) is 3. The van der Waals surface area contributed by atoms with E-state index >= 15 is 0 Å². The number of amides is 1. The Morgan fingerprint density at radius 3 is 2.80 bits per heavy atom. The van der Waals surface area contributed by atoms with Crippen LogP contribution in [0.25, 0.3) is 10.2 Å². The number of thiophene rings is 1. The fourth-order valence-corrected chi connectivity index (χ4v) is 2.98. The van der Waals surface area contributed by atoms with Crippen molar-refractivity contribution in [3.05, 3.63) is 41.5 Å². The van der Waals surface area contributed by atoms with Gasteiger partial charge in [-0.15, -0.1) is 11.3 Å². The Morgan fingerprint density at radius 1 is 1.16 bits per heavy atom. The number of carbonyl (C=O) groups is 1. The maximum absolute atomic E-state index is 12.0. The number of hydrogen-bond donors (Lipinski definition) is 1. The average molecular weight is 359 g/mol. The van der Waals surface area contributed by atoms with Crippen molar-refractivity contribution >= 4 is 27.5 Å². The Kier molecular flexibility index (Phi) is 5.30. The molecule has 0 atom stereocenters. The van der Waals surface area contributed by atoms with Gasteiger partial charge in [0.15, 0.2) is 18.1 Å². The molecule has 3 aromatic rings.